The number of hydrogen-bond donors (Lipinski definition) is 1. The highest BCUT2D eigenvalue weighted by Gasteiger charge is 2.33. The molecule has 0 saturated carbocycles. The molecule has 0 radical (unpaired) electrons. The lowest BCUT2D eigenvalue weighted by molar-refractivity contribution is -0.149. The molecule has 0 unspecified atom stereocenters. The SMILES string of the molecule is CCOC(=O)[C@@H]1CCO[C@@H]1CN. The van der Waals surface area contributed by atoms with Gasteiger partial charge in [-0.3, -0.25) is 4.79 Å². The molecule has 1 heterocycles. The van der Waals surface area contributed by atoms with Crippen molar-refractivity contribution in [2.45, 2.75) is 19.4 Å². The zero-order valence-electron chi connectivity index (χ0n) is 7.29. The van der Waals surface area contributed by atoms with Gasteiger partial charge < -0.3 is 15.2 Å². The number of rotatable bonds is 3. The molecule has 1 aliphatic heterocycles. The van der Waals surface area contributed by atoms with Gasteiger partial charge in [-0.25, -0.2) is 0 Å². The molecule has 0 amide bonds. The third-order valence-electron chi connectivity index (χ3n) is 2.03. The second kappa shape index (κ2) is 4.42. The first-order chi connectivity index (χ1) is 5.79. The molecule has 0 spiro atoms. The molecule has 12 heavy (non-hydrogen) atoms. The molecule has 0 aromatic rings. The number of esters is 1. The van der Waals surface area contributed by atoms with Crippen molar-refractivity contribution in [3.63, 3.8) is 0 Å². The van der Waals surface area contributed by atoms with Crippen LogP contribution < -0.4 is 5.73 Å². The average Bonchev–Trinajstić information content (AvgIpc) is 2.51. The van der Waals surface area contributed by atoms with Crippen LogP contribution in [0.4, 0.5) is 0 Å². The van der Waals surface area contributed by atoms with E-state index in [4.69, 9.17) is 15.2 Å². The van der Waals surface area contributed by atoms with Gasteiger partial charge in [0.05, 0.1) is 18.6 Å². The summed E-state index contributed by atoms with van der Waals surface area (Å²) < 4.78 is 10.1. The molecule has 0 aliphatic carbocycles. The summed E-state index contributed by atoms with van der Waals surface area (Å²) in [4.78, 5) is 11.3. The fourth-order valence-electron chi connectivity index (χ4n) is 1.40. The number of nitrogens with two attached hydrogens (primary N) is 1. The van der Waals surface area contributed by atoms with Crippen molar-refractivity contribution < 1.29 is 14.3 Å². The molecule has 1 rings (SSSR count). The van der Waals surface area contributed by atoms with Gasteiger partial charge in [-0.2, -0.15) is 0 Å². The van der Waals surface area contributed by atoms with Crippen molar-refractivity contribution in [2.75, 3.05) is 19.8 Å². The van der Waals surface area contributed by atoms with Crippen LogP contribution in [0.2, 0.25) is 0 Å². The predicted octanol–water partition coefficient (Wildman–Crippen LogP) is -0.0867. The summed E-state index contributed by atoms with van der Waals surface area (Å²) in [6.45, 7) is 3.23. The van der Waals surface area contributed by atoms with E-state index in [1.54, 1.807) is 6.92 Å². The highest BCUT2D eigenvalue weighted by atomic mass is 16.5. The molecular formula is C8H15NO3. The van der Waals surface area contributed by atoms with Crippen molar-refractivity contribution in [2.24, 2.45) is 11.7 Å². The summed E-state index contributed by atoms with van der Waals surface area (Å²) in [5, 5.41) is 0. The van der Waals surface area contributed by atoms with Gasteiger partial charge in [-0.1, -0.05) is 0 Å². The van der Waals surface area contributed by atoms with Gasteiger partial charge in [0.2, 0.25) is 0 Å². The number of ether oxygens (including phenoxy) is 2. The minimum Gasteiger partial charge on any atom is -0.466 e. The van der Waals surface area contributed by atoms with E-state index >= 15 is 0 Å². The van der Waals surface area contributed by atoms with Crippen molar-refractivity contribution >= 4 is 5.97 Å². The van der Waals surface area contributed by atoms with Crippen LogP contribution in [0.1, 0.15) is 13.3 Å². The summed E-state index contributed by atoms with van der Waals surface area (Å²) in [6, 6.07) is 0. The first-order valence-corrected chi connectivity index (χ1v) is 4.28. The van der Waals surface area contributed by atoms with E-state index in [-0.39, 0.29) is 18.0 Å². The Morgan fingerprint density at radius 3 is 3.08 bits per heavy atom. The molecule has 1 aliphatic rings. The van der Waals surface area contributed by atoms with Gasteiger partial charge in [0.25, 0.3) is 0 Å². The Balaban J connectivity index is 2.43. The quantitative estimate of drug-likeness (QED) is 0.606. The smallest absolute Gasteiger partial charge is 0.311 e. The largest absolute Gasteiger partial charge is 0.466 e. The maximum absolute atomic E-state index is 11.3. The molecule has 4 heteroatoms. The maximum Gasteiger partial charge on any atom is 0.311 e. The minimum atomic E-state index is -0.176. The van der Waals surface area contributed by atoms with Crippen molar-refractivity contribution in [3.05, 3.63) is 0 Å². The summed E-state index contributed by atoms with van der Waals surface area (Å²) in [5.41, 5.74) is 5.43. The van der Waals surface area contributed by atoms with Crippen molar-refractivity contribution in [1.29, 1.82) is 0 Å². The van der Waals surface area contributed by atoms with Crippen LogP contribution in [0.3, 0.4) is 0 Å². The topological polar surface area (TPSA) is 61.5 Å². The molecule has 0 bridgehead atoms. The highest BCUT2D eigenvalue weighted by molar-refractivity contribution is 5.73. The van der Waals surface area contributed by atoms with Crippen LogP contribution in [0.15, 0.2) is 0 Å². The van der Waals surface area contributed by atoms with Gasteiger partial charge in [-0.15, -0.1) is 0 Å². The lowest BCUT2D eigenvalue weighted by Gasteiger charge is -2.14. The van der Waals surface area contributed by atoms with Crippen LogP contribution in [-0.4, -0.2) is 31.8 Å². The van der Waals surface area contributed by atoms with E-state index in [9.17, 15) is 4.79 Å². The van der Waals surface area contributed by atoms with Gasteiger partial charge >= 0.3 is 5.97 Å². The molecule has 2 N–H and O–H groups in total. The first kappa shape index (κ1) is 9.48. The Bertz CT molecular complexity index is 160. The predicted molar refractivity (Wildman–Crippen MR) is 43.5 cm³/mol. The summed E-state index contributed by atoms with van der Waals surface area (Å²) in [6.07, 6.45) is 0.602. The fraction of sp³-hybridized carbons (Fsp3) is 0.875. The lowest BCUT2D eigenvalue weighted by Crippen LogP contribution is -2.32. The fourth-order valence-corrected chi connectivity index (χ4v) is 1.40. The minimum absolute atomic E-state index is 0.135. The normalized spacial score (nSPS) is 28.8. The van der Waals surface area contributed by atoms with Crippen LogP contribution in [-0.2, 0) is 14.3 Å². The summed E-state index contributed by atoms with van der Waals surface area (Å²) in [5.74, 6) is -0.319. The number of carbonyl (C=O) groups is 1. The third-order valence-corrected chi connectivity index (χ3v) is 2.03. The Morgan fingerprint density at radius 1 is 1.75 bits per heavy atom. The molecule has 2 atom stereocenters. The van der Waals surface area contributed by atoms with E-state index in [0.29, 0.717) is 19.8 Å². The second-order valence-corrected chi connectivity index (χ2v) is 2.79. The van der Waals surface area contributed by atoms with Gasteiger partial charge in [0, 0.05) is 13.2 Å². The van der Waals surface area contributed by atoms with Crippen LogP contribution in [0.5, 0.6) is 0 Å². The van der Waals surface area contributed by atoms with Gasteiger partial charge in [0.1, 0.15) is 0 Å². The number of hydrogen-bond acceptors (Lipinski definition) is 4. The maximum atomic E-state index is 11.3. The van der Waals surface area contributed by atoms with Crippen LogP contribution in [0, 0.1) is 5.92 Å². The second-order valence-electron chi connectivity index (χ2n) is 2.79. The molecule has 4 nitrogen and oxygen atoms in total. The molecule has 1 fully saturated rings. The monoisotopic (exact) mass is 173 g/mol. The van der Waals surface area contributed by atoms with Crippen molar-refractivity contribution in [3.8, 4) is 0 Å². The molecule has 1 saturated heterocycles. The van der Waals surface area contributed by atoms with Crippen LogP contribution in [0.25, 0.3) is 0 Å². The highest BCUT2D eigenvalue weighted by Crippen LogP contribution is 2.21. The molecule has 0 aromatic carbocycles. The zero-order valence-corrected chi connectivity index (χ0v) is 7.29. The van der Waals surface area contributed by atoms with E-state index in [1.165, 1.54) is 0 Å². The average molecular weight is 173 g/mol. The zero-order chi connectivity index (χ0) is 8.97. The Labute approximate surface area is 72.0 Å². The van der Waals surface area contributed by atoms with Crippen LogP contribution >= 0.6 is 0 Å². The van der Waals surface area contributed by atoms with Crippen molar-refractivity contribution in [1.82, 2.24) is 0 Å². The Morgan fingerprint density at radius 2 is 2.50 bits per heavy atom. The van der Waals surface area contributed by atoms with Gasteiger partial charge in [0.15, 0.2) is 0 Å². The van der Waals surface area contributed by atoms with E-state index in [1.807, 2.05) is 0 Å². The summed E-state index contributed by atoms with van der Waals surface area (Å²) >= 11 is 0. The molecule has 70 valence electrons. The standard InChI is InChI=1S/C8H15NO3/c1-2-11-8(10)6-3-4-12-7(6)5-9/h6-7H,2-5,9H2,1H3/t6-,7-/m1/s1. The van der Waals surface area contributed by atoms with E-state index in [2.05, 4.69) is 0 Å². The molecule has 0 aromatic heterocycles. The number of carbonyl (C=O) groups excluding carboxylic acids is 1. The Hall–Kier alpha value is -0.610. The third kappa shape index (κ3) is 1.95. The van der Waals surface area contributed by atoms with E-state index < -0.39 is 0 Å². The first-order valence-electron chi connectivity index (χ1n) is 4.28. The Kier molecular flexibility index (Phi) is 3.49. The molecular weight excluding hydrogens is 158 g/mol. The lowest BCUT2D eigenvalue weighted by atomic mass is 10.0. The van der Waals surface area contributed by atoms with E-state index in [0.717, 1.165) is 6.42 Å². The summed E-state index contributed by atoms with van der Waals surface area (Å²) in [7, 11) is 0. The van der Waals surface area contributed by atoms with Gasteiger partial charge in [-0.05, 0) is 13.3 Å².